The van der Waals surface area contributed by atoms with E-state index in [4.69, 9.17) is 5.26 Å². The Labute approximate surface area is 111 Å². The molecule has 1 heterocycles. The van der Waals surface area contributed by atoms with Crippen LogP contribution in [0.3, 0.4) is 0 Å². The third kappa shape index (κ3) is 2.77. The Balaban J connectivity index is 2.29. The zero-order valence-corrected chi connectivity index (χ0v) is 9.85. The lowest BCUT2D eigenvalue weighted by molar-refractivity contribution is -0.137. The molecule has 0 bridgehead atoms. The van der Waals surface area contributed by atoms with Crippen LogP contribution >= 0.6 is 0 Å². The van der Waals surface area contributed by atoms with Gasteiger partial charge in [-0.2, -0.15) is 18.4 Å². The van der Waals surface area contributed by atoms with Crippen LogP contribution in [0.5, 0.6) is 0 Å². The lowest BCUT2D eigenvalue weighted by Crippen LogP contribution is -2.18. The van der Waals surface area contributed by atoms with E-state index in [1.165, 1.54) is 18.7 Å². The van der Waals surface area contributed by atoms with Gasteiger partial charge in [-0.3, -0.25) is 4.57 Å². The van der Waals surface area contributed by atoms with Gasteiger partial charge in [-0.25, -0.2) is 9.78 Å². The monoisotopic (exact) mass is 280 g/mol. The molecule has 0 aliphatic carbocycles. The predicted octanol–water partition coefficient (Wildman–Crippen LogP) is 2.85. The molecule has 0 spiro atoms. The van der Waals surface area contributed by atoms with Crippen molar-refractivity contribution in [1.29, 1.82) is 5.26 Å². The van der Waals surface area contributed by atoms with Crippen LogP contribution in [0.15, 0.2) is 36.9 Å². The van der Waals surface area contributed by atoms with E-state index in [1.807, 2.05) is 0 Å². The Kier molecular flexibility index (Phi) is 3.43. The van der Waals surface area contributed by atoms with Crippen LogP contribution < -0.4 is 5.32 Å². The molecular formula is C12H7F3N4O. The van der Waals surface area contributed by atoms with Gasteiger partial charge in [0.15, 0.2) is 0 Å². The number of carbonyl (C=O) groups excluding carboxylic acids is 1. The van der Waals surface area contributed by atoms with Crippen LogP contribution in [-0.4, -0.2) is 15.6 Å². The minimum atomic E-state index is -4.54. The van der Waals surface area contributed by atoms with Gasteiger partial charge in [-0.05, 0) is 18.2 Å². The first-order valence-corrected chi connectivity index (χ1v) is 5.32. The summed E-state index contributed by atoms with van der Waals surface area (Å²) in [7, 11) is 0. The van der Waals surface area contributed by atoms with E-state index in [1.54, 1.807) is 6.07 Å². The Morgan fingerprint density at radius 3 is 2.70 bits per heavy atom. The fourth-order valence-corrected chi connectivity index (χ4v) is 1.48. The number of nitrogens with one attached hydrogen (secondary N) is 1. The molecule has 2 rings (SSSR count). The summed E-state index contributed by atoms with van der Waals surface area (Å²) >= 11 is 0. The van der Waals surface area contributed by atoms with Gasteiger partial charge in [-0.15, -0.1) is 0 Å². The summed E-state index contributed by atoms with van der Waals surface area (Å²) in [5.74, 6) is 0. The van der Waals surface area contributed by atoms with Crippen LogP contribution in [0.1, 0.15) is 11.1 Å². The summed E-state index contributed by atoms with van der Waals surface area (Å²) in [5, 5.41) is 11.2. The number of hydrogen-bond acceptors (Lipinski definition) is 3. The fourth-order valence-electron chi connectivity index (χ4n) is 1.48. The van der Waals surface area contributed by atoms with Crippen molar-refractivity contribution < 1.29 is 18.0 Å². The lowest BCUT2D eigenvalue weighted by Gasteiger charge is -2.10. The van der Waals surface area contributed by atoms with Gasteiger partial charge in [0.2, 0.25) is 0 Å². The molecule has 0 unspecified atom stereocenters. The maximum Gasteiger partial charge on any atom is 0.416 e. The molecule has 0 atom stereocenters. The topological polar surface area (TPSA) is 70.7 Å². The summed E-state index contributed by atoms with van der Waals surface area (Å²) in [4.78, 5) is 15.4. The summed E-state index contributed by atoms with van der Waals surface area (Å²) in [5.41, 5.74) is -1.22. The predicted molar refractivity (Wildman–Crippen MR) is 62.8 cm³/mol. The van der Waals surface area contributed by atoms with Gasteiger partial charge >= 0.3 is 12.2 Å². The number of aromatic nitrogens is 2. The molecule has 1 N–H and O–H groups in total. The highest BCUT2D eigenvalue weighted by Crippen LogP contribution is 2.31. The van der Waals surface area contributed by atoms with Crippen molar-refractivity contribution in [3.8, 4) is 6.07 Å². The third-order valence-corrected chi connectivity index (χ3v) is 2.45. The first-order valence-electron chi connectivity index (χ1n) is 5.32. The zero-order chi connectivity index (χ0) is 14.8. The molecule has 2 aromatic rings. The number of imidazole rings is 1. The number of benzene rings is 1. The van der Waals surface area contributed by atoms with Crippen molar-refractivity contribution in [2.75, 3.05) is 5.32 Å². The number of halogens is 3. The number of rotatable bonds is 1. The van der Waals surface area contributed by atoms with Crippen molar-refractivity contribution >= 4 is 11.7 Å². The Hall–Kier alpha value is -2.82. The second-order valence-electron chi connectivity index (χ2n) is 3.77. The van der Waals surface area contributed by atoms with Crippen molar-refractivity contribution in [3.63, 3.8) is 0 Å². The molecule has 1 aromatic carbocycles. The van der Waals surface area contributed by atoms with Gasteiger partial charge < -0.3 is 5.32 Å². The van der Waals surface area contributed by atoms with Crippen LogP contribution in [0, 0.1) is 11.3 Å². The number of amides is 1. The highest BCUT2D eigenvalue weighted by Gasteiger charge is 2.31. The van der Waals surface area contributed by atoms with Gasteiger partial charge in [0.05, 0.1) is 16.8 Å². The highest BCUT2D eigenvalue weighted by molar-refractivity contribution is 5.92. The SMILES string of the molecule is N#Cc1cc(C(F)(F)F)ccc1NC(=O)n1ccnc1. The Bertz CT molecular complexity index is 671. The summed E-state index contributed by atoms with van der Waals surface area (Å²) in [6.07, 6.45) is -0.576. The molecule has 5 nitrogen and oxygen atoms in total. The van der Waals surface area contributed by atoms with Crippen molar-refractivity contribution in [3.05, 3.63) is 48.0 Å². The van der Waals surface area contributed by atoms with Crippen LogP contribution in [-0.2, 0) is 6.18 Å². The lowest BCUT2D eigenvalue weighted by atomic mass is 10.1. The molecule has 0 saturated heterocycles. The smallest absolute Gasteiger partial charge is 0.306 e. The van der Waals surface area contributed by atoms with E-state index in [9.17, 15) is 18.0 Å². The van der Waals surface area contributed by atoms with Crippen molar-refractivity contribution in [2.45, 2.75) is 6.18 Å². The first-order chi connectivity index (χ1) is 9.41. The normalized spacial score (nSPS) is 10.9. The Morgan fingerprint density at radius 2 is 2.15 bits per heavy atom. The molecule has 20 heavy (non-hydrogen) atoms. The largest absolute Gasteiger partial charge is 0.416 e. The second-order valence-corrected chi connectivity index (χ2v) is 3.77. The number of hydrogen-bond donors (Lipinski definition) is 1. The average molecular weight is 280 g/mol. The molecule has 8 heteroatoms. The van der Waals surface area contributed by atoms with Gasteiger partial charge in [0, 0.05) is 12.4 Å². The third-order valence-electron chi connectivity index (χ3n) is 2.45. The van der Waals surface area contributed by atoms with E-state index in [2.05, 4.69) is 10.3 Å². The summed E-state index contributed by atoms with van der Waals surface area (Å²) in [6, 6.07) is 3.51. The number of nitrogens with zero attached hydrogens (tertiary/aromatic N) is 3. The maximum absolute atomic E-state index is 12.5. The molecule has 1 aromatic heterocycles. The van der Waals surface area contributed by atoms with E-state index < -0.39 is 17.8 Å². The number of anilines is 1. The van der Waals surface area contributed by atoms with Crippen LogP contribution in [0.2, 0.25) is 0 Å². The zero-order valence-electron chi connectivity index (χ0n) is 9.85. The molecule has 0 radical (unpaired) electrons. The van der Waals surface area contributed by atoms with E-state index in [-0.39, 0.29) is 11.3 Å². The minimum Gasteiger partial charge on any atom is -0.306 e. The average Bonchev–Trinajstić information content (AvgIpc) is 2.91. The van der Waals surface area contributed by atoms with Crippen LogP contribution in [0.4, 0.5) is 23.7 Å². The van der Waals surface area contributed by atoms with Gasteiger partial charge in [0.25, 0.3) is 0 Å². The molecule has 0 aliphatic rings. The molecule has 102 valence electrons. The first kappa shape index (κ1) is 13.6. The molecule has 0 aliphatic heterocycles. The van der Waals surface area contributed by atoms with E-state index in [0.29, 0.717) is 6.07 Å². The molecule has 0 fully saturated rings. The minimum absolute atomic E-state index is 0.000741. The summed E-state index contributed by atoms with van der Waals surface area (Å²) < 4.78 is 38.6. The fraction of sp³-hybridized carbons (Fsp3) is 0.0833. The maximum atomic E-state index is 12.5. The van der Waals surface area contributed by atoms with Crippen molar-refractivity contribution in [1.82, 2.24) is 9.55 Å². The van der Waals surface area contributed by atoms with E-state index >= 15 is 0 Å². The summed E-state index contributed by atoms with van der Waals surface area (Å²) in [6.45, 7) is 0. The highest BCUT2D eigenvalue weighted by atomic mass is 19.4. The second kappa shape index (κ2) is 5.05. The molecule has 1 amide bonds. The van der Waals surface area contributed by atoms with Crippen molar-refractivity contribution in [2.24, 2.45) is 0 Å². The standard InChI is InChI=1S/C12H7F3N4O/c13-12(14,15)9-1-2-10(8(5-9)6-16)18-11(20)19-4-3-17-7-19/h1-5,7H,(H,18,20). The van der Waals surface area contributed by atoms with Gasteiger partial charge in [0.1, 0.15) is 12.4 Å². The van der Waals surface area contributed by atoms with Crippen LogP contribution in [0.25, 0.3) is 0 Å². The quantitative estimate of drug-likeness (QED) is 0.873. The van der Waals surface area contributed by atoms with E-state index in [0.717, 1.165) is 16.7 Å². The van der Waals surface area contributed by atoms with Gasteiger partial charge in [-0.1, -0.05) is 0 Å². The molecule has 0 saturated carbocycles. The number of carbonyl (C=O) groups is 1. The molecular weight excluding hydrogens is 273 g/mol. The number of alkyl halides is 3. The number of nitriles is 1. The Morgan fingerprint density at radius 1 is 1.40 bits per heavy atom.